The van der Waals surface area contributed by atoms with E-state index in [2.05, 4.69) is 32.6 Å². The van der Waals surface area contributed by atoms with Crippen LogP contribution < -0.4 is 9.47 Å². The Morgan fingerprint density at radius 2 is 1.32 bits per heavy atom. The maximum atomic E-state index is 11.0. The number of carbonyl (C=O) groups is 1. The van der Waals surface area contributed by atoms with E-state index >= 15 is 0 Å². The highest BCUT2D eigenvalue weighted by molar-refractivity contribution is 5.61. The first-order valence-electron chi connectivity index (χ1n) is 10.2. The lowest BCUT2D eigenvalue weighted by Crippen LogP contribution is -2.21. The van der Waals surface area contributed by atoms with Gasteiger partial charge in [-0.2, -0.15) is 0 Å². The first-order chi connectivity index (χ1) is 14.9. The summed E-state index contributed by atoms with van der Waals surface area (Å²) >= 11 is 0. The van der Waals surface area contributed by atoms with Gasteiger partial charge in [-0.15, -0.1) is 0 Å². The van der Waals surface area contributed by atoms with E-state index in [9.17, 15) is 4.79 Å². The van der Waals surface area contributed by atoms with Gasteiger partial charge in [-0.1, -0.05) is 38.1 Å². The smallest absolute Gasteiger partial charge is 0.490 e. The van der Waals surface area contributed by atoms with Crippen molar-refractivity contribution >= 4 is 6.16 Å². The van der Waals surface area contributed by atoms with Crippen LogP contribution in [-0.2, 0) is 24.4 Å². The van der Waals surface area contributed by atoms with E-state index in [1.807, 2.05) is 36.4 Å². The van der Waals surface area contributed by atoms with Crippen LogP contribution in [0, 0.1) is 0 Å². The molecular formula is C24H26O7. The van der Waals surface area contributed by atoms with E-state index in [4.69, 9.17) is 28.4 Å². The van der Waals surface area contributed by atoms with Gasteiger partial charge in [0, 0.05) is 5.41 Å². The molecule has 31 heavy (non-hydrogen) atoms. The summed E-state index contributed by atoms with van der Waals surface area (Å²) in [5.41, 5.74) is 2.11. The Bertz CT molecular complexity index is 842. The Hall–Kier alpha value is -3.35. The zero-order valence-corrected chi connectivity index (χ0v) is 17.7. The molecular weight excluding hydrogens is 400 g/mol. The molecule has 4 rings (SSSR count). The summed E-state index contributed by atoms with van der Waals surface area (Å²) in [5.74, 6) is 1.84. The predicted octanol–water partition coefficient (Wildman–Crippen LogP) is 4.19. The molecule has 0 aliphatic carbocycles. The minimum atomic E-state index is -0.645. The van der Waals surface area contributed by atoms with E-state index in [-0.39, 0.29) is 30.8 Å². The maximum absolute atomic E-state index is 11.0. The van der Waals surface area contributed by atoms with Crippen LogP contribution >= 0.6 is 0 Å². The molecule has 2 unspecified atom stereocenters. The van der Waals surface area contributed by atoms with Crippen molar-refractivity contribution in [1.29, 1.82) is 0 Å². The lowest BCUT2D eigenvalue weighted by atomic mass is 9.78. The molecule has 7 heteroatoms. The highest BCUT2D eigenvalue weighted by Gasteiger charge is 2.26. The van der Waals surface area contributed by atoms with Crippen LogP contribution in [0.15, 0.2) is 61.1 Å². The fourth-order valence-corrected chi connectivity index (χ4v) is 3.45. The van der Waals surface area contributed by atoms with Gasteiger partial charge in [-0.05, 0) is 42.0 Å². The van der Waals surface area contributed by atoms with Crippen molar-refractivity contribution in [2.24, 2.45) is 0 Å². The summed E-state index contributed by atoms with van der Waals surface area (Å²) in [6, 6.07) is 16.0. The van der Waals surface area contributed by atoms with Gasteiger partial charge in [0.25, 0.3) is 5.95 Å². The second kappa shape index (κ2) is 8.79. The molecule has 2 atom stereocenters. The zero-order chi connectivity index (χ0) is 21.8. The molecule has 0 bridgehead atoms. The first kappa shape index (κ1) is 20.9. The summed E-state index contributed by atoms with van der Waals surface area (Å²) in [4.78, 5) is 11.0. The number of ether oxygens (including phenoxy) is 6. The Kier molecular flexibility index (Phi) is 5.93. The number of cyclic esters (lactones) is 2. The van der Waals surface area contributed by atoms with Crippen LogP contribution in [0.2, 0.25) is 0 Å². The van der Waals surface area contributed by atoms with Gasteiger partial charge in [0.1, 0.15) is 37.9 Å². The van der Waals surface area contributed by atoms with Crippen molar-refractivity contribution < 1.29 is 33.2 Å². The van der Waals surface area contributed by atoms with Gasteiger partial charge in [0.15, 0.2) is 12.2 Å². The summed E-state index contributed by atoms with van der Waals surface area (Å²) in [6.45, 7) is 9.33. The third-order valence-corrected chi connectivity index (χ3v) is 5.40. The predicted molar refractivity (Wildman–Crippen MR) is 112 cm³/mol. The van der Waals surface area contributed by atoms with Crippen LogP contribution in [0.4, 0.5) is 4.79 Å². The van der Waals surface area contributed by atoms with Crippen molar-refractivity contribution in [3.05, 3.63) is 72.2 Å². The quantitative estimate of drug-likeness (QED) is 0.586. The highest BCUT2D eigenvalue weighted by Crippen LogP contribution is 2.33. The van der Waals surface area contributed by atoms with Crippen molar-refractivity contribution in [1.82, 2.24) is 0 Å². The van der Waals surface area contributed by atoms with Gasteiger partial charge >= 0.3 is 6.16 Å². The fourth-order valence-electron chi connectivity index (χ4n) is 3.45. The normalized spacial score (nSPS) is 20.5. The van der Waals surface area contributed by atoms with Crippen LogP contribution in [0.3, 0.4) is 0 Å². The fraction of sp³-hybridized carbons (Fsp3) is 0.375. The molecule has 0 spiro atoms. The maximum Gasteiger partial charge on any atom is 0.508 e. The molecule has 0 saturated carbocycles. The molecule has 0 radical (unpaired) electrons. The molecule has 164 valence electrons. The number of carbonyl (C=O) groups excluding carboxylic acids is 1. The molecule has 7 nitrogen and oxygen atoms in total. The monoisotopic (exact) mass is 426 g/mol. The largest absolute Gasteiger partial charge is 0.508 e. The van der Waals surface area contributed by atoms with Crippen molar-refractivity contribution in [3.8, 4) is 11.5 Å². The van der Waals surface area contributed by atoms with Crippen LogP contribution in [-0.4, -0.2) is 44.8 Å². The summed E-state index contributed by atoms with van der Waals surface area (Å²) in [5, 5.41) is 0. The number of benzene rings is 2. The van der Waals surface area contributed by atoms with Gasteiger partial charge in [0.2, 0.25) is 0 Å². The van der Waals surface area contributed by atoms with E-state index in [0.717, 1.165) is 16.9 Å². The zero-order valence-electron chi connectivity index (χ0n) is 17.7. The highest BCUT2D eigenvalue weighted by atomic mass is 16.8. The summed E-state index contributed by atoms with van der Waals surface area (Å²) in [7, 11) is 0. The minimum absolute atomic E-state index is 0.127. The van der Waals surface area contributed by atoms with E-state index < -0.39 is 6.16 Å². The Morgan fingerprint density at radius 1 is 0.839 bits per heavy atom. The second-order valence-corrected chi connectivity index (χ2v) is 8.02. The van der Waals surface area contributed by atoms with Crippen LogP contribution in [0.5, 0.6) is 11.5 Å². The summed E-state index contributed by atoms with van der Waals surface area (Å²) in [6.07, 6.45) is -1.14. The lowest BCUT2D eigenvalue weighted by Gasteiger charge is -2.26. The Morgan fingerprint density at radius 3 is 1.74 bits per heavy atom. The standard InChI is InChI=1S/C24H26O7/c1-16-26-12-21(30-16)13-27-19-8-4-17(5-9-19)24(2,3)18-6-10-20(11-7-18)28-14-22-15-29-23(25)31-22/h4-11,21-22H,1,12-15H2,2-3H3. The molecule has 0 amide bonds. The second-order valence-electron chi connectivity index (χ2n) is 8.02. The van der Waals surface area contributed by atoms with Gasteiger partial charge < -0.3 is 28.4 Å². The average molecular weight is 426 g/mol. The van der Waals surface area contributed by atoms with Gasteiger partial charge in [-0.25, -0.2) is 4.79 Å². The van der Waals surface area contributed by atoms with Crippen molar-refractivity contribution in [3.63, 3.8) is 0 Å². The summed E-state index contributed by atoms with van der Waals surface area (Å²) < 4.78 is 31.8. The number of rotatable bonds is 8. The molecule has 2 aromatic carbocycles. The number of hydrogen-bond acceptors (Lipinski definition) is 7. The molecule has 2 heterocycles. The molecule has 2 saturated heterocycles. The average Bonchev–Trinajstić information content (AvgIpc) is 3.39. The lowest BCUT2D eigenvalue weighted by molar-refractivity contribution is 0.0983. The Balaban J connectivity index is 1.33. The minimum Gasteiger partial charge on any atom is -0.490 e. The molecule has 2 aliphatic heterocycles. The molecule has 2 fully saturated rings. The SMILES string of the molecule is C=C1OCC(COc2ccc(C(C)(C)c3ccc(OCC4COC(=O)O4)cc3)cc2)O1. The van der Waals surface area contributed by atoms with Crippen LogP contribution in [0.1, 0.15) is 25.0 Å². The molecule has 0 aromatic heterocycles. The number of hydrogen-bond donors (Lipinski definition) is 0. The third-order valence-electron chi connectivity index (χ3n) is 5.40. The third kappa shape index (κ3) is 5.05. The van der Waals surface area contributed by atoms with E-state index in [1.54, 1.807) is 0 Å². The van der Waals surface area contributed by atoms with Crippen molar-refractivity contribution in [2.75, 3.05) is 26.4 Å². The first-order valence-corrected chi connectivity index (χ1v) is 10.2. The van der Waals surface area contributed by atoms with Crippen LogP contribution in [0.25, 0.3) is 0 Å². The molecule has 2 aromatic rings. The van der Waals surface area contributed by atoms with Crippen molar-refractivity contribution in [2.45, 2.75) is 31.5 Å². The topological polar surface area (TPSA) is 72.5 Å². The molecule has 2 aliphatic rings. The van der Waals surface area contributed by atoms with E-state index in [0.29, 0.717) is 24.9 Å². The molecule has 0 N–H and O–H groups in total. The van der Waals surface area contributed by atoms with Gasteiger partial charge in [-0.3, -0.25) is 0 Å². The Labute approximate surface area is 181 Å². The van der Waals surface area contributed by atoms with E-state index in [1.165, 1.54) is 0 Å². The van der Waals surface area contributed by atoms with Gasteiger partial charge in [0.05, 0.1) is 0 Å².